The van der Waals surface area contributed by atoms with Gasteiger partial charge in [0.2, 0.25) is 5.95 Å². The Morgan fingerprint density at radius 3 is 2.60 bits per heavy atom. The van der Waals surface area contributed by atoms with Gasteiger partial charge in [0.15, 0.2) is 0 Å². The first-order valence-electron chi connectivity index (χ1n) is 10.1. The molecule has 30 heavy (non-hydrogen) atoms. The van der Waals surface area contributed by atoms with Crippen LogP contribution < -0.4 is 10.1 Å². The molecule has 0 unspecified atom stereocenters. The van der Waals surface area contributed by atoms with Gasteiger partial charge in [-0.2, -0.15) is 0 Å². The minimum Gasteiger partial charge on any atom is -0.497 e. The van der Waals surface area contributed by atoms with Crippen LogP contribution in [0.1, 0.15) is 18.5 Å². The number of hydrogen-bond donors (Lipinski definition) is 1. The van der Waals surface area contributed by atoms with E-state index >= 15 is 0 Å². The summed E-state index contributed by atoms with van der Waals surface area (Å²) in [4.78, 5) is 20.3. The van der Waals surface area contributed by atoms with Crippen molar-refractivity contribution in [3.63, 3.8) is 0 Å². The molecule has 7 nitrogen and oxygen atoms in total. The number of carbonyl (C=O) groups excluding carboxylic acids is 1. The van der Waals surface area contributed by atoms with Crippen LogP contribution in [0.25, 0.3) is 11.0 Å². The third-order valence-electron chi connectivity index (χ3n) is 5.79. The van der Waals surface area contributed by atoms with E-state index in [2.05, 4.69) is 9.88 Å². The summed E-state index contributed by atoms with van der Waals surface area (Å²) in [7, 11) is 1.65. The zero-order valence-corrected chi connectivity index (χ0v) is 17.1. The lowest BCUT2D eigenvalue weighted by Crippen LogP contribution is -2.44. The highest BCUT2D eigenvalue weighted by atomic mass is 16.5. The number of morpholine rings is 1. The Hall–Kier alpha value is -3.32. The van der Waals surface area contributed by atoms with Crippen molar-refractivity contribution in [2.45, 2.75) is 13.0 Å². The number of rotatable bonds is 3. The van der Waals surface area contributed by atoms with Crippen molar-refractivity contribution in [2.24, 2.45) is 0 Å². The largest absolute Gasteiger partial charge is 0.497 e. The summed E-state index contributed by atoms with van der Waals surface area (Å²) in [6, 6.07) is 15.6. The van der Waals surface area contributed by atoms with Crippen LogP contribution in [0.2, 0.25) is 0 Å². The topological polar surface area (TPSA) is 68.6 Å². The Morgan fingerprint density at radius 1 is 1.13 bits per heavy atom. The van der Waals surface area contributed by atoms with Gasteiger partial charge in [0.25, 0.3) is 5.91 Å². The Morgan fingerprint density at radius 2 is 1.87 bits per heavy atom. The maximum atomic E-state index is 13.7. The second-order valence-electron chi connectivity index (χ2n) is 7.54. The smallest absolute Gasteiger partial charge is 0.254 e. The minimum atomic E-state index is -0.282. The highest BCUT2D eigenvalue weighted by Crippen LogP contribution is 2.40. The van der Waals surface area contributed by atoms with Gasteiger partial charge in [-0.3, -0.25) is 9.36 Å². The molecule has 154 valence electrons. The van der Waals surface area contributed by atoms with Crippen LogP contribution in [0.5, 0.6) is 5.75 Å². The summed E-state index contributed by atoms with van der Waals surface area (Å²) in [6.45, 7) is 4.29. The molecule has 2 aromatic carbocycles. The van der Waals surface area contributed by atoms with Gasteiger partial charge in [0.05, 0.1) is 43.0 Å². The van der Waals surface area contributed by atoms with E-state index in [4.69, 9.17) is 14.5 Å². The molecule has 0 aliphatic carbocycles. The Labute approximate surface area is 174 Å². The van der Waals surface area contributed by atoms with Crippen LogP contribution in [-0.2, 0) is 9.53 Å². The zero-order chi connectivity index (χ0) is 20.7. The predicted molar refractivity (Wildman–Crippen MR) is 115 cm³/mol. The molecule has 2 aliphatic heterocycles. The standard InChI is InChI=1S/C23H24N4O3/c1-15-20(22(28)26-11-13-30-14-12-26)21(16-7-9-17(29-2)10-8-16)27-19-6-4-3-5-18(19)25-23(27)24-15/h3-10,21H,11-14H2,1-2H3,(H,24,25)/t21-/m0/s1. The van der Waals surface area contributed by atoms with Gasteiger partial charge >= 0.3 is 0 Å². The van der Waals surface area contributed by atoms with Crippen molar-refractivity contribution >= 4 is 22.9 Å². The summed E-state index contributed by atoms with van der Waals surface area (Å²) in [5.74, 6) is 1.56. The van der Waals surface area contributed by atoms with Gasteiger partial charge < -0.3 is 19.7 Å². The van der Waals surface area contributed by atoms with Crippen molar-refractivity contribution in [3.8, 4) is 5.75 Å². The van der Waals surface area contributed by atoms with E-state index in [-0.39, 0.29) is 11.9 Å². The van der Waals surface area contributed by atoms with Crippen LogP contribution in [0, 0.1) is 0 Å². The molecule has 3 aromatic rings. The lowest BCUT2D eigenvalue weighted by atomic mass is 9.93. The molecule has 1 amide bonds. The number of carbonyl (C=O) groups is 1. The van der Waals surface area contributed by atoms with Gasteiger partial charge in [-0.25, -0.2) is 4.98 Å². The lowest BCUT2D eigenvalue weighted by Gasteiger charge is -2.35. The van der Waals surface area contributed by atoms with Crippen LogP contribution >= 0.6 is 0 Å². The van der Waals surface area contributed by atoms with Crippen molar-refractivity contribution in [1.82, 2.24) is 14.5 Å². The van der Waals surface area contributed by atoms with E-state index in [0.717, 1.165) is 39.6 Å². The number of ether oxygens (including phenoxy) is 2. The van der Waals surface area contributed by atoms with Crippen molar-refractivity contribution < 1.29 is 14.3 Å². The van der Waals surface area contributed by atoms with Crippen molar-refractivity contribution in [3.05, 3.63) is 65.4 Å². The molecule has 1 atom stereocenters. The second-order valence-corrected chi connectivity index (χ2v) is 7.54. The van der Waals surface area contributed by atoms with Gasteiger partial charge in [-0.1, -0.05) is 24.3 Å². The molecule has 5 rings (SSSR count). The van der Waals surface area contributed by atoms with Gasteiger partial charge in [0.1, 0.15) is 5.75 Å². The normalized spacial score (nSPS) is 18.9. The number of hydrogen-bond acceptors (Lipinski definition) is 5. The second kappa shape index (κ2) is 7.50. The molecule has 1 N–H and O–H groups in total. The first kappa shape index (κ1) is 18.7. The summed E-state index contributed by atoms with van der Waals surface area (Å²) < 4.78 is 12.9. The molecule has 1 aromatic heterocycles. The fourth-order valence-corrected chi connectivity index (χ4v) is 4.28. The summed E-state index contributed by atoms with van der Waals surface area (Å²) in [6.07, 6.45) is 0. The number of aromatic nitrogens is 2. The summed E-state index contributed by atoms with van der Waals surface area (Å²) in [5.41, 5.74) is 4.46. The molecule has 2 aliphatic rings. The van der Waals surface area contributed by atoms with Crippen LogP contribution in [-0.4, -0.2) is 53.8 Å². The molecule has 0 bridgehead atoms. The molecule has 0 radical (unpaired) electrons. The molecule has 0 spiro atoms. The molecule has 0 saturated carbocycles. The average molecular weight is 404 g/mol. The number of nitrogens with one attached hydrogen (secondary N) is 1. The van der Waals surface area contributed by atoms with E-state index in [1.165, 1.54) is 0 Å². The van der Waals surface area contributed by atoms with E-state index in [1.54, 1.807) is 7.11 Å². The fourth-order valence-electron chi connectivity index (χ4n) is 4.28. The number of allylic oxidation sites excluding steroid dienone is 1. The third kappa shape index (κ3) is 3.02. The molecule has 3 heterocycles. The number of imidazole rings is 1. The number of nitrogens with zero attached hydrogens (tertiary/aromatic N) is 3. The third-order valence-corrected chi connectivity index (χ3v) is 5.79. The predicted octanol–water partition coefficient (Wildman–Crippen LogP) is 3.19. The zero-order valence-electron chi connectivity index (χ0n) is 17.1. The molecule has 1 saturated heterocycles. The summed E-state index contributed by atoms with van der Waals surface area (Å²) >= 11 is 0. The number of fused-ring (bicyclic) bond motifs is 3. The van der Waals surface area contributed by atoms with E-state index in [1.807, 2.05) is 60.4 Å². The Bertz CT molecular complexity index is 1130. The molecule has 1 fully saturated rings. The first-order chi connectivity index (χ1) is 14.7. The summed E-state index contributed by atoms with van der Waals surface area (Å²) in [5, 5.41) is 3.37. The number of benzene rings is 2. The Balaban J connectivity index is 1.68. The van der Waals surface area contributed by atoms with E-state index in [9.17, 15) is 4.79 Å². The minimum absolute atomic E-state index is 0.0348. The highest BCUT2D eigenvalue weighted by Gasteiger charge is 2.36. The van der Waals surface area contributed by atoms with E-state index < -0.39 is 0 Å². The van der Waals surface area contributed by atoms with E-state index in [0.29, 0.717) is 26.3 Å². The Kier molecular flexibility index (Phi) is 4.67. The molecular weight excluding hydrogens is 380 g/mol. The SMILES string of the molecule is COc1ccc([C@H]2C(C(=O)N3CCOCC3)=C(C)Nc3nc4ccccc4n32)cc1. The maximum Gasteiger partial charge on any atom is 0.254 e. The number of para-hydroxylation sites is 2. The fraction of sp³-hybridized carbons (Fsp3) is 0.304. The van der Waals surface area contributed by atoms with Crippen LogP contribution in [0.3, 0.4) is 0 Å². The quantitative estimate of drug-likeness (QED) is 0.726. The van der Waals surface area contributed by atoms with Gasteiger partial charge in [0, 0.05) is 18.8 Å². The average Bonchev–Trinajstić information content (AvgIpc) is 3.16. The number of methoxy groups -OCH3 is 1. The van der Waals surface area contributed by atoms with Crippen molar-refractivity contribution in [1.29, 1.82) is 0 Å². The van der Waals surface area contributed by atoms with Gasteiger partial charge in [-0.05, 0) is 36.8 Å². The number of amides is 1. The highest BCUT2D eigenvalue weighted by molar-refractivity contribution is 5.98. The van der Waals surface area contributed by atoms with Crippen LogP contribution in [0.15, 0.2) is 59.8 Å². The number of anilines is 1. The van der Waals surface area contributed by atoms with Crippen LogP contribution in [0.4, 0.5) is 5.95 Å². The molecule has 7 heteroatoms. The van der Waals surface area contributed by atoms with Gasteiger partial charge in [-0.15, -0.1) is 0 Å². The monoisotopic (exact) mass is 404 g/mol. The first-order valence-corrected chi connectivity index (χ1v) is 10.1. The van der Waals surface area contributed by atoms with Crippen molar-refractivity contribution in [2.75, 3.05) is 38.7 Å². The maximum absolute atomic E-state index is 13.7. The molecular formula is C23H24N4O3. The lowest BCUT2D eigenvalue weighted by molar-refractivity contribution is -0.131.